The molecule has 4 rings (SSSR count). The topological polar surface area (TPSA) is 98.3 Å². The first-order chi connectivity index (χ1) is 14.5. The Morgan fingerprint density at radius 2 is 1.83 bits per heavy atom. The molecule has 0 aliphatic carbocycles. The Balaban J connectivity index is 1.59. The zero-order valence-corrected chi connectivity index (χ0v) is 16.9. The normalized spacial score (nSPS) is 14.5. The Morgan fingerprint density at radius 3 is 2.47 bits per heavy atom. The van der Waals surface area contributed by atoms with Gasteiger partial charge in [0.2, 0.25) is 5.88 Å². The number of benzene rings is 1. The van der Waals surface area contributed by atoms with Crippen molar-refractivity contribution < 1.29 is 9.90 Å². The third kappa shape index (κ3) is 3.63. The van der Waals surface area contributed by atoms with Crippen LogP contribution in [0.3, 0.4) is 0 Å². The highest BCUT2D eigenvalue weighted by atomic mass is 16.3. The van der Waals surface area contributed by atoms with Crippen LogP contribution in [0.15, 0.2) is 42.7 Å². The maximum Gasteiger partial charge on any atom is 0.255 e. The number of pyridine rings is 1. The number of aryl methyl sites for hydroxylation is 1. The van der Waals surface area contributed by atoms with Gasteiger partial charge in [0.25, 0.3) is 5.91 Å². The van der Waals surface area contributed by atoms with Gasteiger partial charge < -0.3 is 14.9 Å². The van der Waals surface area contributed by atoms with E-state index in [1.54, 1.807) is 42.7 Å². The lowest BCUT2D eigenvalue weighted by Crippen LogP contribution is -2.47. The summed E-state index contributed by atoms with van der Waals surface area (Å²) >= 11 is 0. The van der Waals surface area contributed by atoms with Crippen molar-refractivity contribution in [1.29, 1.82) is 5.26 Å². The molecule has 1 aromatic carbocycles. The summed E-state index contributed by atoms with van der Waals surface area (Å²) in [7, 11) is 2.05. The van der Waals surface area contributed by atoms with Gasteiger partial charge in [-0.25, -0.2) is 4.98 Å². The fourth-order valence-corrected chi connectivity index (χ4v) is 3.50. The van der Waals surface area contributed by atoms with Gasteiger partial charge in [-0.3, -0.25) is 4.79 Å². The lowest BCUT2D eigenvalue weighted by molar-refractivity contribution is 0.0663. The van der Waals surface area contributed by atoms with E-state index in [4.69, 9.17) is 5.26 Å². The Kier molecular flexibility index (Phi) is 5.21. The highest BCUT2D eigenvalue weighted by Crippen LogP contribution is 2.31. The van der Waals surface area contributed by atoms with Crippen LogP contribution in [-0.4, -0.2) is 68.8 Å². The molecule has 1 fully saturated rings. The first-order valence-corrected chi connectivity index (χ1v) is 9.70. The number of nitrogens with zero attached hydrogens (tertiary/aromatic N) is 6. The average Bonchev–Trinajstić information content (AvgIpc) is 3.15. The van der Waals surface area contributed by atoms with Gasteiger partial charge in [-0.05, 0) is 43.3 Å². The smallest absolute Gasteiger partial charge is 0.255 e. The third-order valence-corrected chi connectivity index (χ3v) is 5.40. The Hall–Kier alpha value is -3.70. The molecule has 0 bridgehead atoms. The van der Waals surface area contributed by atoms with Gasteiger partial charge in [0.1, 0.15) is 0 Å². The van der Waals surface area contributed by atoms with E-state index in [-0.39, 0.29) is 11.8 Å². The van der Waals surface area contributed by atoms with Gasteiger partial charge in [0, 0.05) is 32.4 Å². The summed E-state index contributed by atoms with van der Waals surface area (Å²) in [4.78, 5) is 21.3. The van der Waals surface area contributed by atoms with Gasteiger partial charge in [-0.15, -0.1) is 0 Å². The van der Waals surface area contributed by atoms with E-state index in [0.717, 1.165) is 24.2 Å². The number of hydrogen-bond acceptors (Lipinski definition) is 6. The molecule has 30 heavy (non-hydrogen) atoms. The molecular formula is C22H22N6O2. The fraction of sp³-hybridized carbons (Fsp3) is 0.273. The van der Waals surface area contributed by atoms with E-state index in [1.807, 2.05) is 18.9 Å². The van der Waals surface area contributed by atoms with Gasteiger partial charge in [0.15, 0.2) is 5.82 Å². The molecule has 8 nitrogen and oxygen atoms in total. The lowest BCUT2D eigenvalue weighted by Gasteiger charge is -2.32. The summed E-state index contributed by atoms with van der Waals surface area (Å²) in [5, 5.41) is 23.9. The van der Waals surface area contributed by atoms with Crippen LogP contribution < -0.4 is 0 Å². The quantitative estimate of drug-likeness (QED) is 0.721. The van der Waals surface area contributed by atoms with Crippen LogP contribution in [0.5, 0.6) is 5.88 Å². The van der Waals surface area contributed by atoms with E-state index in [0.29, 0.717) is 35.6 Å². The van der Waals surface area contributed by atoms with Gasteiger partial charge in [0.05, 0.1) is 29.0 Å². The van der Waals surface area contributed by atoms with E-state index >= 15 is 0 Å². The maximum absolute atomic E-state index is 12.9. The maximum atomic E-state index is 12.9. The van der Waals surface area contributed by atoms with E-state index < -0.39 is 0 Å². The molecule has 2 aromatic heterocycles. The number of rotatable bonds is 3. The zero-order valence-electron chi connectivity index (χ0n) is 16.9. The molecule has 0 spiro atoms. The van der Waals surface area contributed by atoms with Crippen LogP contribution in [0, 0.1) is 18.3 Å². The monoisotopic (exact) mass is 402 g/mol. The van der Waals surface area contributed by atoms with Crippen LogP contribution >= 0.6 is 0 Å². The molecule has 1 amide bonds. The van der Waals surface area contributed by atoms with Crippen molar-refractivity contribution in [2.75, 3.05) is 33.2 Å². The predicted octanol–water partition coefficient (Wildman–Crippen LogP) is 2.21. The Labute approximate surface area is 174 Å². The van der Waals surface area contributed by atoms with Crippen LogP contribution in [0.2, 0.25) is 0 Å². The molecule has 1 aliphatic heterocycles. The zero-order chi connectivity index (χ0) is 21.3. The van der Waals surface area contributed by atoms with E-state index in [9.17, 15) is 9.90 Å². The van der Waals surface area contributed by atoms with Crippen LogP contribution in [-0.2, 0) is 0 Å². The number of carbonyl (C=O) groups is 1. The number of piperazine rings is 1. The van der Waals surface area contributed by atoms with Crippen molar-refractivity contribution in [3.05, 3.63) is 59.4 Å². The Morgan fingerprint density at radius 1 is 1.13 bits per heavy atom. The minimum Gasteiger partial charge on any atom is -0.493 e. The second-order valence-corrected chi connectivity index (χ2v) is 7.44. The molecule has 0 saturated carbocycles. The highest BCUT2D eigenvalue weighted by molar-refractivity contribution is 5.95. The van der Waals surface area contributed by atoms with Crippen LogP contribution in [0.1, 0.15) is 21.5 Å². The minimum absolute atomic E-state index is 0.0254. The number of aromatic nitrogens is 3. The number of amides is 1. The summed E-state index contributed by atoms with van der Waals surface area (Å²) in [5.74, 6) is 0.354. The number of aromatic hydroxyl groups is 1. The van der Waals surface area contributed by atoms with Crippen molar-refractivity contribution in [1.82, 2.24) is 24.6 Å². The number of hydrogen-bond donors (Lipinski definition) is 1. The summed E-state index contributed by atoms with van der Waals surface area (Å²) in [6.45, 7) is 4.97. The highest BCUT2D eigenvalue weighted by Gasteiger charge is 2.23. The number of nitriles is 1. The van der Waals surface area contributed by atoms with Crippen molar-refractivity contribution in [2.24, 2.45) is 0 Å². The molecule has 1 N–H and O–H groups in total. The summed E-state index contributed by atoms with van der Waals surface area (Å²) < 4.78 is 1.34. The summed E-state index contributed by atoms with van der Waals surface area (Å²) in [6.07, 6.45) is 3.10. The number of likely N-dealkylation sites (N-methyl/N-ethyl adjacent to an activating group) is 1. The molecule has 0 radical (unpaired) electrons. The van der Waals surface area contributed by atoms with Gasteiger partial charge >= 0.3 is 0 Å². The van der Waals surface area contributed by atoms with E-state index in [2.05, 4.69) is 21.1 Å². The third-order valence-electron chi connectivity index (χ3n) is 5.40. The molecule has 3 aromatic rings. The van der Waals surface area contributed by atoms with Crippen molar-refractivity contribution in [2.45, 2.75) is 6.92 Å². The van der Waals surface area contributed by atoms with Crippen molar-refractivity contribution in [3.63, 3.8) is 0 Å². The average molecular weight is 402 g/mol. The largest absolute Gasteiger partial charge is 0.493 e. The SMILES string of the molecule is Cc1cc(-n2ncc(-c3ccc(C#N)cc3)c2O)ncc1C(=O)N1CCN(C)CC1. The first-order valence-electron chi connectivity index (χ1n) is 9.70. The molecule has 0 atom stereocenters. The van der Waals surface area contributed by atoms with Crippen molar-refractivity contribution >= 4 is 5.91 Å². The second-order valence-electron chi connectivity index (χ2n) is 7.44. The van der Waals surface area contributed by atoms with Crippen LogP contribution in [0.25, 0.3) is 16.9 Å². The fourth-order valence-electron chi connectivity index (χ4n) is 3.50. The summed E-state index contributed by atoms with van der Waals surface area (Å²) in [5.41, 5.74) is 3.16. The van der Waals surface area contributed by atoms with Gasteiger partial charge in [-0.1, -0.05) is 12.1 Å². The second kappa shape index (κ2) is 7.97. The molecule has 1 aliphatic rings. The standard InChI is InChI=1S/C22H22N6O2/c1-15-11-20(24-13-18(15)21(29)27-9-7-26(2)8-10-27)28-22(30)19(14-25-28)17-5-3-16(12-23)4-6-17/h3-6,11,13-14,30H,7-10H2,1-2H3. The van der Waals surface area contributed by atoms with E-state index in [1.165, 1.54) is 4.68 Å². The Bertz CT molecular complexity index is 1120. The summed E-state index contributed by atoms with van der Waals surface area (Å²) in [6, 6.07) is 10.7. The first kappa shape index (κ1) is 19.6. The van der Waals surface area contributed by atoms with Crippen LogP contribution in [0.4, 0.5) is 0 Å². The molecule has 1 saturated heterocycles. The minimum atomic E-state index is -0.0512. The van der Waals surface area contributed by atoms with Crippen molar-refractivity contribution in [3.8, 4) is 28.9 Å². The molecule has 3 heterocycles. The molecular weight excluding hydrogens is 380 g/mol. The lowest BCUT2D eigenvalue weighted by atomic mass is 10.1. The number of carbonyl (C=O) groups excluding carboxylic acids is 1. The molecule has 8 heteroatoms. The molecule has 152 valence electrons. The molecule has 0 unspecified atom stereocenters. The predicted molar refractivity (Wildman–Crippen MR) is 111 cm³/mol. The van der Waals surface area contributed by atoms with Gasteiger partial charge in [-0.2, -0.15) is 15.0 Å².